The monoisotopic (exact) mass is 414 g/mol. The summed E-state index contributed by atoms with van der Waals surface area (Å²) in [6, 6.07) is 0.800. The number of rotatable bonds is 6. The van der Waals surface area contributed by atoms with Gasteiger partial charge in [0.15, 0.2) is 11.6 Å². The molecule has 0 aromatic carbocycles. The molecular formula is C13H13F3N10OS. The molecule has 0 aliphatic heterocycles. The normalized spacial score (nSPS) is 11.8. The van der Waals surface area contributed by atoms with Crippen molar-refractivity contribution < 1.29 is 17.9 Å². The number of aromatic nitrogens is 9. The average Bonchev–Trinajstić information content (AvgIpc) is 3.21. The van der Waals surface area contributed by atoms with Crippen LogP contribution in [0.5, 0.6) is 0 Å². The van der Waals surface area contributed by atoms with E-state index in [9.17, 15) is 13.2 Å². The molecule has 0 spiro atoms. The van der Waals surface area contributed by atoms with Crippen molar-refractivity contribution in [1.29, 1.82) is 0 Å². The number of aryl methyl sites for hydroxylation is 2. The first kappa shape index (κ1) is 19.7. The number of halogens is 3. The van der Waals surface area contributed by atoms with Gasteiger partial charge >= 0.3 is 6.18 Å². The standard InChI is InChI=1S/C13H13F3N10OS/c1-25-12(20-22-24-25)6-3-8(13(14,15)16)18-7(10(6)11(17)28)4-27-5-9-19-23-26(2)21-9/h3H,4-5H2,1-2H3,(H2,17,28). The van der Waals surface area contributed by atoms with Crippen LogP contribution in [-0.2, 0) is 38.2 Å². The van der Waals surface area contributed by atoms with Gasteiger partial charge in [0.05, 0.1) is 19.3 Å². The van der Waals surface area contributed by atoms with Gasteiger partial charge in [0, 0.05) is 18.2 Å². The molecule has 0 aliphatic rings. The number of hydrogen-bond donors (Lipinski definition) is 1. The summed E-state index contributed by atoms with van der Waals surface area (Å²) in [6.07, 6.45) is -4.71. The maximum absolute atomic E-state index is 13.4. The summed E-state index contributed by atoms with van der Waals surface area (Å²) in [5.74, 6) is 0.302. The highest BCUT2D eigenvalue weighted by atomic mass is 32.1. The van der Waals surface area contributed by atoms with E-state index in [1.807, 2.05) is 0 Å². The molecule has 0 saturated carbocycles. The molecule has 3 rings (SSSR count). The van der Waals surface area contributed by atoms with Crippen LogP contribution in [0.25, 0.3) is 11.4 Å². The van der Waals surface area contributed by atoms with Crippen molar-refractivity contribution in [2.24, 2.45) is 19.8 Å². The Morgan fingerprint density at radius 1 is 1.21 bits per heavy atom. The Bertz CT molecular complexity index is 1010. The predicted octanol–water partition coefficient (Wildman–Crippen LogP) is 0.165. The Labute approximate surface area is 160 Å². The second-order valence-electron chi connectivity index (χ2n) is 5.55. The van der Waals surface area contributed by atoms with Gasteiger partial charge in [0.1, 0.15) is 17.3 Å². The summed E-state index contributed by atoms with van der Waals surface area (Å²) < 4.78 is 46.7. The number of tetrazole rings is 2. The van der Waals surface area contributed by atoms with E-state index >= 15 is 0 Å². The average molecular weight is 414 g/mol. The van der Waals surface area contributed by atoms with Gasteiger partial charge < -0.3 is 10.5 Å². The number of hydrogen-bond acceptors (Lipinski definition) is 9. The molecule has 148 valence electrons. The van der Waals surface area contributed by atoms with E-state index < -0.39 is 11.9 Å². The minimum Gasteiger partial charge on any atom is -0.389 e. The van der Waals surface area contributed by atoms with Crippen LogP contribution < -0.4 is 5.73 Å². The Morgan fingerprint density at radius 3 is 2.50 bits per heavy atom. The van der Waals surface area contributed by atoms with Gasteiger partial charge in [-0.3, -0.25) is 0 Å². The summed E-state index contributed by atoms with van der Waals surface area (Å²) >= 11 is 5.02. The number of alkyl halides is 3. The summed E-state index contributed by atoms with van der Waals surface area (Å²) in [5.41, 5.74) is 4.59. The molecule has 2 N–H and O–H groups in total. The summed E-state index contributed by atoms with van der Waals surface area (Å²) in [6.45, 7) is -0.420. The molecule has 0 fully saturated rings. The summed E-state index contributed by atoms with van der Waals surface area (Å²) in [5, 5.41) is 22.1. The summed E-state index contributed by atoms with van der Waals surface area (Å²) in [7, 11) is 3.04. The third-order valence-electron chi connectivity index (χ3n) is 3.51. The van der Waals surface area contributed by atoms with Crippen LogP contribution in [0.3, 0.4) is 0 Å². The third kappa shape index (κ3) is 4.09. The van der Waals surface area contributed by atoms with Gasteiger partial charge in [-0.15, -0.1) is 15.3 Å². The molecule has 3 heterocycles. The zero-order chi connectivity index (χ0) is 20.5. The van der Waals surface area contributed by atoms with Crippen molar-refractivity contribution in [3.05, 3.63) is 28.8 Å². The van der Waals surface area contributed by atoms with E-state index in [1.54, 1.807) is 7.05 Å². The van der Waals surface area contributed by atoms with E-state index in [2.05, 4.69) is 35.9 Å². The van der Waals surface area contributed by atoms with Crippen LogP contribution in [0.2, 0.25) is 0 Å². The lowest BCUT2D eigenvalue weighted by atomic mass is 10.0. The maximum Gasteiger partial charge on any atom is 0.433 e. The highest BCUT2D eigenvalue weighted by Crippen LogP contribution is 2.33. The van der Waals surface area contributed by atoms with Crippen molar-refractivity contribution in [2.45, 2.75) is 19.4 Å². The van der Waals surface area contributed by atoms with Gasteiger partial charge in [-0.25, -0.2) is 9.67 Å². The minimum atomic E-state index is -4.71. The Balaban J connectivity index is 2.03. The summed E-state index contributed by atoms with van der Waals surface area (Å²) in [4.78, 5) is 4.70. The molecule has 28 heavy (non-hydrogen) atoms. The zero-order valence-corrected chi connectivity index (χ0v) is 15.4. The second-order valence-corrected chi connectivity index (χ2v) is 5.99. The largest absolute Gasteiger partial charge is 0.433 e. The molecule has 15 heteroatoms. The van der Waals surface area contributed by atoms with Crippen molar-refractivity contribution in [3.8, 4) is 11.4 Å². The smallest absolute Gasteiger partial charge is 0.389 e. The van der Waals surface area contributed by atoms with Gasteiger partial charge in [-0.2, -0.15) is 18.0 Å². The van der Waals surface area contributed by atoms with Crippen molar-refractivity contribution >= 4 is 17.2 Å². The molecule has 3 aromatic heterocycles. The van der Waals surface area contributed by atoms with E-state index in [4.69, 9.17) is 22.7 Å². The maximum atomic E-state index is 13.4. The first-order valence-corrected chi connectivity index (χ1v) is 8.02. The molecule has 0 bridgehead atoms. The van der Waals surface area contributed by atoms with Crippen molar-refractivity contribution in [1.82, 2.24) is 45.4 Å². The molecule has 0 amide bonds. The number of nitrogens with two attached hydrogens (primary N) is 1. The fourth-order valence-electron chi connectivity index (χ4n) is 2.38. The minimum absolute atomic E-state index is 0.00134. The van der Waals surface area contributed by atoms with Crippen molar-refractivity contribution in [2.75, 3.05) is 0 Å². The molecule has 0 radical (unpaired) electrons. The molecular weight excluding hydrogens is 401 g/mol. The lowest BCUT2D eigenvalue weighted by Gasteiger charge is -2.16. The number of thiocarbonyl (C=S) groups is 1. The SMILES string of the molecule is Cn1nnc(COCc2nc(C(F)(F)F)cc(-c3nnnn3C)c2C(N)=S)n1. The molecule has 0 unspecified atom stereocenters. The van der Waals surface area contributed by atoms with Gasteiger partial charge in [0.25, 0.3) is 0 Å². The quantitative estimate of drug-likeness (QED) is 0.556. The lowest BCUT2D eigenvalue weighted by Crippen LogP contribution is -2.20. The lowest BCUT2D eigenvalue weighted by molar-refractivity contribution is -0.141. The zero-order valence-electron chi connectivity index (χ0n) is 14.5. The van der Waals surface area contributed by atoms with E-state index in [-0.39, 0.29) is 46.7 Å². The molecule has 11 nitrogen and oxygen atoms in total. The predicted molar refractivity (Wildman–Crippen MR) is 90.2 cm³/mol. The van der Waals surface area contributed by atoms with Crippen LogP contribution in [0.15, 0.2) is 6.07 Å². The number of ether oxygens (including phenoxy) is 1. The van der Waals surface area contributed by atoms with Gasteiger partial charge in [-0.05, 0) is 21.7 Å². The Hall–Kier alpha value is -3.07. The fourth-order valence-corrected chi connectivity index (χ4v) is 2.60. The van der Waals surface area contributed by atoms with Crippen LogP contribution >= 0.6 is 12.2 Å². The van der Waals surface area contributed by atoms with Crippen LogP contribution in [0.4, 0.5) is 13.2 Å². The molecule has 0 atom stereocenters. The topological polar surface area (TPSA) is 135 Å². The second kappa shape index (κ2) is 7.51. The van der Waals surface area contributed by atoms with Gasteiger partial charge in [-0.1, -0.05) is 12.2 Å². The van der Waals surface area contributed by atoms with Crippen LogP contribution in [0, 0.1) is 0 Å². The van der Waals surface area contributed by atoms with Crippen molar-refractivity contribution in [3.63, 3.8) is 0 Å². The molecule has 0 saturated heterocycles. The van der Waals surface area contributed by atoms with E-state index in [0.29, 0.717) is 0 Å². The Morgan fingerprint density at radius 2 is 1.96 bits per heavy atom. The number of nitrogens with zero attached hydrogens (tertiary/aromatic N) is 9. The van der Waals surface area contributed by atoms with E-state index in [0.717, 1.165) is 6.07 Å². The first-order chi connectivity index (χ1) is 13.2. The molecule has 0 aliphatic carbocycles. The fraction of sp³-hybridized carbons (Fsp3) is 0.385. The number of pyridine rings is 1. The highest BCUT2D eigenvalue weighted by molar-refractivity contribution is 7.80. The van der Waals surface area contributed by atoms with Gasteiger partial charge in [0.2, 0.25) is 0 Å². The van der Waals surface area contributed by atoms with Crippen LogP contribution in [0.1, 0.15) is 22.8 Å². The van der Waals surface area contributed by atoms with E-state index in [1.165, 1.54) is 16.5 Å². The third-order valence-corrected chi connectivity index (χ3v) is 3.72. The Kier molecular flexibility index (Phi) is 5.28. The highest BCUT2D eigenvalue weighted by Gasteiger charge is 2.35. The van der Waals surface area contributed by atoms with Crippen LogP contribution in [-0.4, -0.2) is 50.4 Å². The molecule has 3 aromatic rings. The first-order valence-electron chi connectivity index (χ1n) is 7.61.